The predicted molar refractivity (Wildman–Crippen MR) is 68.0 cm³/mol. The van der Waals surface area contributed by atoms with Crippen molar-refractivity contribution in [3.63, 3.8) is 0 Å². The highest BCUT2D eigenvalue weighted by molar-refractivity contribution is 5.40. The first-order chi connectivity index (χ1) is 8.81. The zero-order valence-electron chi connectivity index (χ0n) is 10.9. The molecule has 0 aliphatic rings. The van der Waals surface area contributed by atoms with E-state index in [9.17, 15) is 4.39 Å². The molecule has 0 aromatic heterocycles. The summed E-state index contributed by atoms with van der Waals surface area (Å²) >= 11 is 0. The lowest BCUT2D eigenvalue weighted by Crippen LogP contribution is -2.19. The standard InChI is InChI=1S/C13H20FNO3/c1-16-8-6-15-10-11-3-4-12(17-2)9-13(11)18-7-5-14/h3-4,9,15H,5-8,10H2,1-2H3. The molecule has 0 spiro atoms. The van der Waals surface area contributed by atoms with Gasteiger partial charge in [-0.15, -0.1) is 0 Å². The molecule has 0 radical (unpaired) electrons. The molecule has 0 atom stereocenters. The van der Waals surface area contributed by atoms with E-state index >= 15 is 0 Å². The van der Waals surface area contributed by atoms with Crippen LogP contribution in [0.1, 0.15) is 5.56 Å². The molecule has 0 saturated carbocycles. The van der Waals surface area contributed by atoms with Gasteiger partial charge in [0.1, 0.15) is 24.8 Å². The zero-order chi connectivity index (χ0) is 13.2. The molecule has 1 aromatic rings. The van der Waals surface area contributed by atoms with Gasteiger partial charge in [-0.25, -0.2) is 4.39 Å². The summed E-state index contributed by atoms with van der Waals surface area (Å²) in [6.45, 7) is 1.60. The molecule has 0 amide bonds. The van der Waals surface area contributed by atoms with Gasteiger partial charge in [-0.05, 0) is 6.07 Å². The van der Waals surface area contributed by atoms with Crippen molar-refractivity contribution in [3.8, 4) is 11.5 Å². The van der Waals surface area contributed by atoms with Crippen molar-refractivity contribution >= 4 is 0 Å². The van der Waals surface area contributed by atoms with Crippen molar-refractivity contribution in [2.24, 2.45) is 0 Å². The Morgan fingerprint density at radius 1 is 1.22 bits per heavy atom. The second-order valence-corrected chi connectivity index (χ2v) is 3.68. The molecule has 18 heavy (non-hydrogen) atoms. The van der Waals surface area contributed by atoms with Crippen LogP contribution in [0.3, 0.4) is 0 Å². The highest BCUT2D eigenvalue weighted by Crippen LogP contribution is 2.24. The Labute approximate surface area is 107 Å². The number of benzene rings is 1. The molecule has 1 rings (SSSR count). The SMILES string of the molecule is COCCNCc1ccc(OC)cc1OCCF. The number of rotatable bonds is 9. The van der Waals surface area contributed by atoms with Crippen LogP contribution >= 0.6 is 0 Å². The molecular formula is C13H20FNO3. The molecule has 0 aliphatic heterocycles. The van der Waals surface area contributed by atoms with E-state index in [1.54, 1.807) is 20.3 Å². The summed E-state index contributed by atoms with van der Waals surface area (Å²) in [6, 6.07) is 5.53. The Hall–Kier alpha value is -1.33. The third kappa shape index (κ3) is 4.89. The second kappa shape index (κ2) is 8.72. The summed E-state index contributed by atoms with van der Waals surface area (Å²) in [6.07, 6.45) is 0. The molecule has 0 unspecified atom stereocenters. The van der Waals surface area contributed by atoms with Crippen LogP contribution in [-0.4, -0.2) is 40.7 Å². The van der Waals surface area contributed by atoms with Gasteiger partial charge < -0.3 is 19.5 Å². The normalized spacial score (nSPS) is 10.4. The Morgan fingerprint density at radius 3 is 2.72 bits per heavy atom. The van der Waals surface area contributed by atoms with Gasteiger partial charge in [0.05, 0.1) is 13.7 Å². The smallest absolute Gasteiger partial charge is 0.127 e. The molecule has 0 heterocycles. The maximum absolute atomic E-state index is 12.2. The van der Waals surface area contributed by atoms with E-state index in [0.29, 0.717) is 24.7 Å². The first kappa shape index (κ1) is 14.7. The molecule has 0 fully saturated rings. The van der Waals surface area contributed by atoms with Gasteiger partial charge in [-0.3, -0.25) is 0 Å². The largest absolute Gasteiger partial charge is 0.497 e. The number of ether oxygens (including phenoxy) is 3. The van der Waals surface area contributed by atoms with Gasteiger partial charge in [0.25, 0.3) is 0 Å². The first-order valence-electron chi connectivity index (χ1n) is 5.87. The van der Waals surface area contributed by atoms with Crippen LogP contribution in [0.25, 0.3) is 0 Å². The van der Waals surface area contributed by atoms with Crippen molar-refractivity contribution < 1.29 is 18.6 Å². The third-order valence-corrected chi connectivity index (χ3v) is 2.41. The molecule has 0 saturated heterocycles. The lowest BCUT2D eigenvalue weighted by molar-refractivity contribution is 0.199. The van der Waals surface area contributed by atoms with Crippen LogP contribution in [0.2, 0.25) is 0 Å². The maximum Gasteiger partial charge on any atom is 0.127 e. The van der Waals surface area contributed by atoms with E-state index in [-0.39, 0.29) is 6.61 Å². The van der Waals surface area contributed by atoms with E-state index in [0.717, 1.165) is 12.1 Å². The van der Waals surface area contributed by atoms with Crippen LogP contribution < -0.4 is 14.8 Å². The van der Waals surface area contributed by atoms with Gasteiger partial charge >= 0.3 is 0 Å². The molecule has 0 aliphatic carbocycles. The summed E-state index contributed by atoms with van der Waals surface area (Å²) in [5.41, 5.74) is 0.973. The molecule has 4 nitrogen and oxygen atoms in total. The summed E-state index contributed by atoms with van der Waals surface area (Å²) in [5.74, 6) is 1.35. The Balaban J connectivity index is 2.62. The van der Waals surface area contributed by atoms with Crippen LogP contribution in [0.4, 0.5) is 4.39 Å². The third-order valence-electron chi connectivity index (χ3n) is 2.41. The topological polar surface area (TPSA) is 39.7 Å². The van der Waals surface area contributed by atoms with E-state index in [1.807, 2.05) is 12.1 Å². The quantitative estimate of drug-likeness (QED) is 0.685. The Bertz CT molecular complexity index is 347. The fourth-order valence-electron chi connectivity index (χ4n) is 1.49. The van der Waals surface area contributed by atoms with E-state index < -0.39 is 6.67 Å². The second-order valence-electron chi connectivity index (χ2n) is 3.68. The number of halogens is 1. The van der Waals surface area contributed by atoms with Crippen LogP contribution in [-0.2, 0) is 11.3 Å². The zero-order valence-corrected chi connectivity index (χ0v) is 10.9. The number of hydrogen-bond acceptors (Lipinski definition) is 4. The van der Waals surface area contributed by atoms with Gasteiger partial charge in [0.15, 0.2) is 0 Å². The fourth-order valence-corrected chi connectivity index (χ4v) is 1.49. The summed E-state index contributed by atoms with van der Waals surface area (Å²) in [7, 11) is 3.25. The number of nitrogens with one attached hydrogen (secondary N) is 1. The lowest BCUT2D eigenvalue weighted by Gasteiger charge is -2.12. The molecular weight excluding hydrogens is 237 g/mol. The minimum atomic E-state index is -0.506. The van der Waals surface area contributed by atoms with E-state index in [4.69, 9.17) is 14.2 Å². The highest BCUT2D eigenvalue weighted by atomic mass is 19.1. The fraction of sp³-hybridized carbons (Fsp3) is 0.538. The predicted octanol–water partition coefficient (Wildman–Crippen LogP) is 1.78. The van der Waals surface area contributed by atoms with E-state index in [2.05, 4.69) is 5.32 Å². The minimum absolute atomic E-state index is 0.0538. The number of methoxy groups -OCH3 is 2. The van der Waals surface area contributed by atoms with Crippen molar-refractivity contribution in [2.45, 2.75) is 6.54 Å². The van der Waals surface area contributed by atoms with Crippen molar-refractivity contribution in [2.75, 3.05) is 40.7 Å². The maximum atomic E-state index is 12.2. The molecule has 102 valence electrons. The van der Waals surface area contributed by atoms with Crippen LogP contribution in [0, 0.1) is 0 Å². The summed E-state index contributed by atoms with van der Waals surface area (Å²) < 4.78 is 27.6. The average molecular weight is 257 g/mol. The summed E-state index contributed by atoms with van der Waals surface area (Å²) in [5, 5.41) is 3.22. The molecule has 1 aromatic carbocycles. The molecule has 1 N–H and O–H groups in total. The Morgan fingerprint density at radius 2 is 2.06 bits per heavy atom. The lowest BCUT2D eigenvalue weighted by atomic mass is 10.2. The minimum Gasteiger partial charge on any atom is -0.497 e. The molecule has 5 heteroatoms. The monoisotopic (exact) mass is 257 g/mol. The average Bonchev–Trinajstić information content (AvgIpc) is 2.42. The Kier molecular flexibility index (Phi) is 7.13. The summed E-state index contributed by atoms with van der Waals surface area (Å²) in [4.78, 5) is 0. The molecule has 0 bridgehead atoms. The van der Waals surface area contributed by atoms with Crippen molar-refractivity contribution in [1.82, 2.24) is 5.32 Å². The van der Waals surface area contributed by atoms with E-state index in [1.165, 1.54) is 0 Å². The number of hydrogen-bond donors (Lipinski definition) is 1. The van der Waals surface area contributed by atoms with Gasteiger partial charge in [-0.2, -0.15) is 0 Å². The van der Waals surface area contributed by atoms with Gasteiger partial charge in [-0.1, -0.05) is 6.07 Å². The van der Waals surface area contributed by atoms with Crippen molar-refractivity contribution in [3.05, 3.63) is 23.8 Å². The first-order valence-corrected chi connectivity index (χ1v) is 5.87. The van der Waals surface area contributed by atoms with Crippen molar-refractivity contribution in [1.29, 1.82) is 0 Å². The van der Waals surface area contributed by atoms with Crippen LogP contribution in [0.5, 0.6) is 11.5 Å². The highest BCUT2D eigenvalue weighted by Gasteiger charge is 2.05. The van der Waals surface area contributed by atoms with Gasteiger partial charge in [0.2, 0.25) is 0 Å². The number of alkyl halides is 1. The van der Waals surface area contributed by atoms with Gasteiger partial charge in [0, 0.05) is 31.8 Å². The van der Waals surface area contributed by atoms with Crippen LogP contribution in [0.15, 0.2) is 18.2 Å².